The first-order valence-corrected chi connectivity index (χ1v) is 6.27. The number of thioether (sulfide) groups is 1. The summed E-state index contributed by atoms with van der Waals surface area (Å²) in [5, 5.41) is 1.16. The molecule has 1 aromatic heterocycles. The Bertz CT molecular complexity index is 447. The molecule has 0 aliphatic carbocycles. The summed E-state index contributed by atoms with van der Waals surface area (Å²) in [7, 11) is 0. The molecule has 0 spiro atoms. The maximum atomic E-state index is 5.86. The van der Waals surface area contributed by atoms with E-state index < -0.39 is 0 Å². The third kappa shape index (κ3) is 1.43. The van der Waals surface area contributed by atoms with Gasteiger partial charge in [0.15, 0.2) is 0 Å². The van der Waals surface area contributed by atoms with Crippen LogP contribution in [0.1, 0.15) is 0 Å². The third-order valence-corrected chi connectivity index (χ3v) is 5.02. The lowest BCUT2D eigenvalue weighted by Crippen LogP contribution is -1.82. The summed E-state index contributed by atoms with van der Waals surface area (Å²) in [6, 6.07) is 5.95. The van der Waals surface area contributed by atoms with Gasteiger partial charge in [0.2, 0.25) is 0 Å². The number of benzene rings is 1. The van der Waals surface area contributed by atoms with E-state index in [1.165, 1.54) is 4.21 Å². The molecule has 0 saturated carbocycles. The van der Waals surface area contributed by atoms with Crippen molar-refractivity contribution in [3.63, 3.8) is 0 Å². The van der Waals surface area contributed by atoms with Crippen molar-refractivity contribution in [3.8, 4) is 0 Å². The van der Waals surface area contributed by atoms with Gasteiger partial charge in [-0.05, 0) is 12.3 Å². The molecule has 0 bridgehead atoms. The van der Waals surface area contributed by atoms with Crippen molar-refractivity contribution >= 4 is 51.5 Å². The number of rotatable bonds is 1. The quantitative estimate of drug-likeness (QED) is 0.443. The highest BCUT2D eigenvalue weighted by atomic mass is 32.2. The molecular weight excluding hydrogens is 218 g/mol. The fourth-order valence-corrected chi connectivity index (χ4v) is 3.66. The molecule has 0 atom stereocenters. The molecule has 2 aromatic rings. The topological polar surface area (TPSA) is 26.0 Å². The second-order valence-corrected chi connectivity index (χ2v) is 5.21. The second kappa shape index (κ2) is 3.44. The Labute approximate surface area is 90.7 Å². The number of fused-ring (bicyclic) bond motifs is 1. The minimum atomic E-state index is 0.845. The zero-order chi connectivity index (χ0) is 9.42. The first-order chi connectivity index (χ1) is 6.24. The Balaban J connectivity index is 2.83. The van der Waals surface area contributed by atoms with Crippen molar-refractivity contribution in [1.82, 2.24) is 0 Å². The van der Waals surface area contributed by atoms with E-state index in [2.05, 4.69) is 25.0 Å². The van der Waals surface area contributed by atoms with E-state index >= 15 is 0 Å². The van der Waals surface area contributed by atoms with Crippen LogP contribution in [0.25, 0.3) is 10.1 Å². The maximum Gasteiger partial charge on any atom is 0.0743 e. The fourth-order valence-electron chi connectivity index (χ4n) is 1.24. The standard InChI is InChI=1S/C9H9NS3/c1-12-9-7(11)5-3-2-4-6(10)8(5)13-9/h2-4,11H,10H2,1H3. The number of thiophene rings is 1. The van der Waals surface area contributed by atoms with Crippen molar-refractivity contribution in [3.05, 3.63) is 18.2 Å². The number of nitrogen functional groups attached to an aromatic ring is 1. The summed E-state index contributed by atoms with van der Waals surface area (Å²) < 4.78 is 2.38. The van der Waals surface area contributed by atoms with Crippen LogP contribution < -0.4 is 5.73 Å². The van der Waals surface area contributed by atoms with Crippen LogP contribution >= 0.6 is 35.7 Å². The molecule has 0 amide bonds. The number of hydrogen-bond donors (Lipinski definition) is 2. The molecule has 0 unspecified atom stereocenters. The van der Waals surface area contributed by atoms with Crippen molar-refractivity contribution in [2.75, 3.05) is 12.0 Å². The van der Waals surface area contributed by atoms with Gasteiger partial charge in [-0.2, -0.15) is 0 Å². The van der Waals surface area contributed by atoms with E-state index in [1.54, 1.807) is 23.1 Å². The molecular formula is C9H9NS3. The van der Waals surface area contributed by atoms with Gasteiger partial charge in [-0.25, -0.2) is 0 Å². The van der Waals surface area contributed by atoms with Gasteiger partial charge < -0.3 is 5.73 Å². The summed E-state index contributed by atoms with van der Waals surface area (Å²) in [5.74, 6) is 0. The van der Waals surface area contributed by atoms with Gasteiger partial charge in [-0.3, -0.25) is 0 Å². The number of thiol groups is 1. The fraction of sp³-hybridized carbons (Fsp3) is 0.111. The molecule has 4 heteroatoms. The van der Waals surface area contributed by atoms with Gasteiger partial charge in [0.25, 0.3) is 0 Å². The first-order valence-electron chi connectivity index (χ1n) is 3.78. The second-order valence-electron chi connectivity index (χ2n) is 2.67. The van der Waals surface area contributed by atoms with Crippen LogP contribution in [-0.2, 0) is 0 Å². The summed E-state index contributed by atoms with van der Waals surface area (Å²) >= 11 is 7.90. The molecule has 2 rings (SSSR count). The zero-order valence-corrected chi connectivity index (χ0v) is 9.60. The van der Waals surface area contributed by atoms with Gasteiger partial charge in [-0.15, -0.1) is 35.7 Å². The lowest BCUT2D eigenvalue weighted by atomic mass is 10.2. The SMILES string of the molecule is CSc1sc2c(N)cccc2c1S. The van der Waals surface area contributed by atoms with Crippen LogP contribution in [0.5, 0.6) is 0 Å². The molecule has 0 radical (unpaired) electrons. The minimum absolute atomic E-state index is 0.845. The van der Waals surface area contributed by atoms with E-state index in [0.29, 0.717) is 0 Å². The van der Waals surface area contributed by atoms with E-state index in [1.807, 2.05) is 12.1 Å². The Morgan fingerprint density at radius 2 is 2.23 bits per heavy atom. The summed E-state index contributed by atoms with van der Waals surface area (Å²) in [6.07, 6.45) is 2.06. The monoisotopic (exact) mass is 227 g/mol. The number of nitrogens with two attached hydrogens (primary N) is 1. The van der Waals surface area contributed by atoms with Crippen molar-refractivity contribution in [2.45, 2.75) is 9.10 Å². The van der Waals surface area contributed by atoms with E-state index in [-0.39, 0.29) is 0 Å². The van der Waals surface area contributed by atoms with Gasteiger partial charge >= 0.3 is 0 Å². The number of anilines is 1. The molecule has 1 nitrogen and oxygen atoms in total. The normalized spacial score (nSPS) is 10.9. The van der Waals surface area contributed by atoms with Crippen LogP contribution in [0.15, 0.2) is 27.3 Å². The van der Waals surface area contributed by atoms with Gasteiger partial charge in [0.05, 0.1) is 8.91 Å². The average Bonchev–Trinajstić information content (AvgIpc) is 2.45. The molecule has 68 valence electrons. The highest BCUT2D eigenvalue weighted by Gasteiger charge is 2.09. The summed E-state index contributed by atoms with van der Waals surface area (Å²) in [5.41, 5.74) is 6.71. The van der Waals surface area contributed by atoms with Crippen LogP contribution in [0, 0.1) is 0 Å². The predicted molar refractivity (Wildman–Crippen MR) is 65.3 cm³/mol. The molecule has 13 heavy (non-hydrogen) atoms. The lowest BCUT2D eigenvalue weighted by molar-refractivity contribution is 1.47. The minimum Gasteiger partial charge on any atom is -0.398 e. The van der Waals surface area contributed by atoms with Crippen LogP contribution in [-0.4, -0.2) is 6.26 Å². The van der Waals surface area contributed by atoms with Crippen molar-refractivity contribution < 1.29 is 0 Å². The Morgan fingerprint density at radius 3 is 2.85 bits per heavy atom. The Hall–Kier alpha value is -0.320. The molecule has 0 aliphatic heterocycles. The number of hydrogen-bond acceptors (Lipinski definition) is 4. The van der Waals surface area contributed by atoms with Gasteiger partial charge in [0.1, 0.15) is 0 Å². The third-order valence-electron chi connectivity index (χ3n) is 1.87. The van der Waals surface area contributed by atoms with Crippen molar-refractivity contribution in [2.24, 2.45) is 0 Å². The van der Waals surface area contributed by atoms with E-state index in [0.717, 1.165) is 20.7 Å². The molecule has 0 aliphatic rings. The molecule has 0 saturated heterocycles. The van der Waals surface area contributed by atoms with Gasteiger partial charge in [-0.1, -0.05) is 12.1 Å². The first kappa shape index (κ1) is 9.24. The molecule has 1 aromatic carbocycles. The van der Waals surface area contributed by atoms with Crippen molar-refractivity contribution in [1.29, 1.82) is 0 Å². The maximum absolute atomic E-state index is 5.86. The van der Waals surface area contributed by atoms with Crippen LogP contribution in [0.2, 0.25) is 0 Å². The highest BCUT2D eigenvalue weighted by Crippen LogP contribution is 2.41. The zero-order valence-electron chi connectivity index (χ0n) is 7.07. The molecule has 2 N–H and O–H groups in total. The van der Waals surface area contributed by atoms with E-state index in [4.69, 9.17) is 5.73 Å². The predicted octanol–water partition coefficient (Wildman–Crippen LogP) is 3.49. The van der Waals surface area contributed by atoms with Crippen LogP contribution in [0.4, 0.5) is 5.69 Å². The average molecular weight is 227 g/mol. The highest BCUT2D eigenvalue weighted by molar-refractivity contribution is 8.01. The largest absolute Gasteiger partial charge is 0.398 e. The smallest absolute Gasteiger partial charge is 0.0743 e. The Kier molecular flexibility index (Phi) is 2.45. The summed E-state index contributed by atoms with van der Waals surface area (Å²) in [4.78, 5) is 1.06. The van der Waals surface area contributed by atoms with E-state index in [9.17, 15) is 0 Å². The summed E-state index contributed by atoms with van der Waals surface area (Å²) in [6.45, 7) is 0. The Morgan fingerprint density at radius 1 is 1.46 bits per heavy atom. The lowest BCUT2D eigenvalue weighted by Gasteiger charge is -1.93. The molecule has 1 heterocycles. The van der Waals surface area contributed by atoms with Gasteiger partial charge in [0, 0.05) is 16.0 Å². The molecule has 0 fully saturated rings. The van der Waals surface area contributed by atoms with Crippen LogP contribution in [0.3, 0.4) is 0 Å².